The highest BCUT2D eigenvalue weighted by molar-refractivity contribution is 7.09. The summed E-state index contributed by atoms with van der Waals surface area (Å²) in [5.41, 5.74) is 0.751. The molecule has 7 heteroatoms. The van der Waals surface area contributed by atoms with E-state index in [1.54, 1.807) is 0 Å². The number of aromatic nitrogens is 1. The summed E-state index contributed by atoms with van der Waals surface area (Å²) in [5, 5.41) is 13.6. The summed E-state index contributed by atoms with van der Waals surface area (Å²) >= 11 is 1.53. The van der Waals surface area contributed by atoms with E-state index in [9.17, 15) is 10.1 Å². The highest BCUT2D eigenvalue weighted by atomic mass is 32.1. The van der Waals surface area contributed by atoms with Gasteiger partial charge in [-0.2, -0.15) is 0 Å². The van der Waals surface area contributed by atoms with E-state index in [4.69, 9.17) is 9.47 Å². The van der Waals surface area contributed by atoms with Crippen molar-refractivity contribution in [3.8, 4) is 11.5 Å². The number of benzene rings is 1. The summed E-state index contributed by atoms with van der Waals surface area (Å²) < 4.78 is 10.6. The Morgan fingerprint density at radius 2 is 2.21 bits per heavy atom. The molecule has 0 saturated carbocycles. The van der Waals surface area contributed by atoms with Crippen LogP contribution in [0.1, 0.15) is 10.7 Å². The number of thiazole rings is 1. The summed E-state index contributed by atoms with van der Waals surface area (Å²) in [6.07, 6.45) is 0. The van der Waals surface area contributed by atoms with E-state index < -0.39 is 4.92 Å². The first kappa shape index (κ1) is 13.3. The largest absolute Gasteiger partial charge is 0.493 e. The summed E-state index contributed by atoms with van der Waals surface area (Å²) in [6.45, 7) is 2.16. The number of aryl methyl sites for hydroxylation is 1. The van der Waals surface area contributed by atoms with Gasteiger partial charge in [0, 0.05) is 11.4 Å². The van der Waals surface area contributed by atoms with Gasteiger partial charge in [-0.3, -0.25) is 10.1 Å². The molecule has 2 aromatic rings. The van der Waals surface area contributed by atoms with Crippen molar-refractivity contribution in [2.75, 3.05) is 7.11 Å². The maximum absolute atomic E-state index is 10.7. The molecule has 6 nitrogen and oxygen atoms in total. The van der Waals surface area contributed by atoms with Crippen molar-refractivity contribution in [1.29, 1.82) is 0 Å². The van der Waals surface area contributed by atoms with E-state index in [2.05, 4.69) is 4.98 Å². The molecule has 1 aromatic heterocycles. The van der Waals surface area contributed by atoms with E-state index in [1.807, 2.05) is 12.3 Å². The Balaban J connectivity index is 2.17. The van der Waals surface area contributed by atoms with Crippen LogP contribution in [0.4, 0.5) is 5.69 Å². The van der Waals surface area contributed by atoms with E-state index in [-0.39, 0.29) is 12.3 Å². The SMILES string of the molecule is COc1ccc([N+](=O)[O-])cc1OCc1csc(C)n1. The van der Waals surface area contributed by atoms with Gasteiger partial charge in [-0.1, -0.05) is 0 Å². The third-order valence-corrected chi connectivity index (χ3v) is 3.22. The summed E-state index contributed by atoms with van der Waals surface area (Å²) in [4.78, 5) is 14.5. The van der Waals surface area contributed by atoms with Crippen LogP contribution in [-0.4, -0.2) is 17.0 Å². The zero-order chi connectivity index (χ0) is 13.8. The first-order chi connectivity index (χ1) is 9.10. The Labute approximate surface area is 113 Å². The maximum atomic E-state index is 10.7. The van der Waals surface area contributed by atoms with Crippen LogP contribution in [0.2, 0.25) is 0 Å². The minimum Gasteiger partial charge on any atom is -0.493 e. The molecule has 0 spiro atoms. The van der Waals surface area contributed by atoms with Crippen molar-refractivity contribution in [3.05, 3.63) is 44.4 Å². The number of ether oxygens (including phenoxy) is 2. The second-order valence-electron chi connectivity index (χ2n) is 3.74. The molecule has 0 aliphatic carbocycles. The lowest BCUT2D eigenvalue weighted by Gasteiger charge is -2.09. The first-order valence-corrected chi connectivity index (χ1v) is 6.34. The second-order valence-corrected chi connectivity index (χ2v) is 4.80. The maximum Gasteiger partial charge on any atom is 0.273 e. The number of nitrogens with zero attached hydrogens (tertiary/aromatic N) is 2. The van der Waals surface area contributed by atoms with E-state index >= 15 is 0 Å². The molecule has 0 aliphatic heterocycles. The van der Waals surface area contributed by atoms with Crippen molar-refractivity contribution in [2.24, 2.45) is 0 Å². The predicted octanol–water partition coefficient (Wildman–Crippen LogP) is 2.95. The molecule has 0 fully saturated rings. The third-order valence-electron chi connectivity index (χ3n) is 2.40. The summed E-state index contributed by atoms with van der Waals surface area (Å²) in [5.74, 6) is 0.792. The zero-order valence-electron chi connectivity index (χ0n) is 10.5. The van der Waals surface area contributed by atoms with Crippen LogP contribution < -0.4 is 9.47 Å². The molecule has 0 aliphatic rings. The molecule has 2 rings (SSSR count). The van der Waals surface area contributed by atoms with Crippen molar-refractivity contribution in [2.45, 2.75) is 13.5 Å². The highest BCUT2D eigenvalue weighted by Crippen LogP contribution is 2.31. The summed E-state index contributed by atoms with van der Waals surface area (Å²) in [6, 6.07) is 4.23. The van der Waals surface area contributed by atoms with Gasteiger partial charge in [0.15, 0.2) is 11.5 Å². The average Bonchev–Trinajstić information content (AvgIpc) is 2.81. The normalized spacial score (nSPS) is 10.2. The van der Waals surface area contributed by atoms with Crippen LogP contribution in [0.3, 0.4) is 0 Å². The fourth-order valence-electron chi connectivity index (χ4n) is 1.52. The van der Waals surface area contributed by atoms with Crippen LogP contribution >= 0.6 is 11.3 Å². The van der Waals surface area contributed by atoms with Gasteiger partial charge >= 0.3 is 0 Å². The van der Waals surface area contributed by atoms with Crippen molar-refractivity contribution in [1.82, 2.24) is 4.98 Å². The Bertz CT molecular complexity index is 597. The fraction of sp³-hybridized carbons (Fsp3) is 0.250. The zero-order valence-corrected chi connectivity index (χ0v) is 11.3. The van der Waals surface area contributed by atoms with E-state index in [0.717, 1.165) is 10.7 Å². The van der Waals surface area contributed by atoms with Gasteiger partial charge in [-0.05, 0) is 13.0 Å². The smallest absolute Gasteiger partial charge is 0.273 e. The van der Waals surface area contributed by atoms with Gasteiger partial charge < -0.3 is 9.47 Å². The molecule has 0 radical (unpaired) electrons. The Kier molecular flexibility index (Phi) is 3.96. The van der Waals surface area contributed by atoms with Gasteiger partial charge in [-0.25, -0.2) is 4.98 Å². The topological polar surface area (TPSA) is 74.5 Å². The summed E-state index contributed by atoms with van der Waals surface area (Å²) in [7, 11) is 1.49. The Morgan fingerprint density at radius 3 is 2.79 bits per heavy atom. The van der Waals surface area contributed by atoms with Crippen molar-refractivity contribution in [3.63, 3.8) is 0 Å². The van der Waals surface area contributed by atoms with Crippen molar-refractivity contribution >= 4 is 17.0 Å². The van der Waals surface area contributed by atoms with E-state index in [1.165, 1.54) is 36.6 Å². The number of rotatable bonds is 5. The lowest BCUT2D eigenvalue weighted by molar-refractivity contribution is -0.385. The Hall–Kier alpha value is -2.15. The number of nitro groups is 1. The number of non-ortho nitro benzene ring substituents is 1. The molecule has 0 saturated heterocycles. The minimum atomic E-state index is -0.473. The van der Waals surface area contributed by atoms with Gasteiger partial charge in [-0.15, -0.1) is 11.3 Å². The molecular formula is C12H12N2O4S. The highest BCUT2D eigenvalue weighted by Gasteiger charge is 2.13. The molecular weight excluding hydrogens is 268 g/mol. The number of hydrogen-bond donors (Lipinski definition) is 0. The van der Waals surface area contributed by atoms with Crippen LogP contribution in [0.5, 0.6) is 11.5 Å². The average molecular weight is 280 g/mol. The second kappa shape index (κ2) is 5.66. The molecule has 100 valence electrons. The molecule has 0 amide bonds. The molecule has 0 N–H and O–H groups in total. The monoisotopic (exact) mass is 280 g/mol. The number of hydrogen-bond acceptors (Lipinski definition) is 6. The van der Waals surface area contributed by atoms with Crippen molar-refractivity contribution < 1.29 is 14.4 Å². The van der Waals surface area contributed by atoms with Gasteiger partial charge in [0.05, 0.1) is 28.8 Å². The predicted molar refractivity (Wildman–Crippen MR) is 70.8 cm³/mol. The fourth-order valence-corrected chi connectivity index (χ4v) is 2.12. The van der Waals surface area contributed by atoms with Crippen LogP contribution in [-0.2, 0) is 6.61 Å². The number of nitro benzene ring substituents is 1. The molecule has 19 heavy (non-hydrogen) atoms. The molecule has 1 aromatic carbocycles. The molecule has 0 bridgehead atoms. The molecule has 1 heterocycles. The molecule has 0 unspecified atom stereocenters. The lowest BCUT2D eigenvalue weighted by atomic mass is 10.3. The lowest BCUT2D eigenvalue weighted by Crippen LogP contribution is -1.99. The van der Waals surface area contributed by atoms with Crippen LogP contribution in [0, 0.1) is 17.0 Å². The van der Waals surface area contributed by atoms with E-state index in [0.29, 0.717) is 11.5 Å². The van der Waals surface area contributed by atoms with Crippen LogP contribution in [0.15, 0.2) is 23.6 Å². The van der Waals surface area contributed by atoms with Gasteiger partial charge in [0.2, 0.25) is 0 Å². The first-order valence-electron chi connectivity index (χ1n) is 5.46. The standard InChI is InChI=1S/C12H12N2O4S/c1-8-13-9(7-19-8)6-18-12-5-10(14(15)16)3-4-11(12)17-2/h3-5,7H,6H2,1-2H3. The minimum absolute atomic E-state index is 0.0368. The molecule has 0 atom stereocenters. The van der Waals surface area contributed by atoms with Gasteiger partial charge in [0.25, 0.3) is 5.69 Å². The van der Waals surface area contributed by atoms with Crippen LogP contribution in [0.25, 0.3) is 0 Å². The third kappa shape index (κ3) is 3.19. The quantitative estimate of drug-likeness (QED) is 0.621. The Morgan fingerprint density at radius 1 is 1.42 bits per heavy atom. The van der Waals surface area contributed by atoms with Gasteiger partial charge in [0.1, 0.15) is 6.61 Å². The number of methoxy groups -OCH3 is 1.